The summed E-state index contributed by atoms with van der Waals surface area (Å²) >= 11 is 7.58. The number of aromatic nitrogens is 2. The van der Waals surface area contributed by atoms with Crippen LogP contribution in [0.5, 0.6) is 0 Å². The summed E-state index contributed by atoms with van der Waals surface area (Å²) in [6, 6.07) is 9.30. The predicted octanol–water partition coefficient (Wildman–Crippen LogP) is 3.38. The Bertz CT molecular complexity index is 925. The van der Waals surface area contributed by atoms with Crippen molar-refractivity contribution in [3.8, 4) is 0 Å². The third kappa shape index (κ3) is 4.49. The van der Waals surface area contributed by atoms with Crippen LogP contribution in [0.25, 0.3) is 10.2 Å². The van der Waals surface area contributed by atoms with Crippen molar-refractivity contribution in [1.82, 2.24) is 15.3 Å². The molecule has 0 aliphatic heterocycles. The number of fused-ring (bicyclic) bond motifs is 1. The zero-order valence-corrected chi connectivity index (χ0v) is 16.0. The molecule has 6 nitrogen and oxygen atoms in total. The first kappa shape index (κ1) is 18.6. The summed E-state index contributed by atoms with van der Waals surface area (Å²) in [7, 11) is 0. The molecule has 3 aromatic rings. The Hall–Kier alpha value is -2.22. The summed E-state index contributed by atoms with van der Waals surface area (Å²) < 4.78 is 0. The zero-order chi connectivity index (χ0) is 18.7. The minimum absolute atomic E-state index is 0.205. The first-order valence-electron chi connectivity index (χ1n) is 8.15. The third-order valence-electron chi connectivity index (χ3n) is 3.72. The van der Waals surface area contributed by atoms with E-state index in [1.54, 1.807) is 30.4 Å². The number of carbonyl (C=O) groups is 1. The number of amides is 1. The fourth-order valence-electron chi connectivity index (χ4n) is 2.45. The minimum atomic E-state index is -0.570. The number of nitrogens with zero attached hydrogens (tertiary/aromatic N) is 2. The van der Waals surface area contributed by atoms with Gasteiger partial charge in [-0.3, -0.25) is 4.79 Å². The van der Waals surface area contributed by atoms with Gasteiger partial charge in [-0.2, -0.15) is 0 Å². The van der Waals surface area contributed by atoms with Crippen LogP contribution in [0.1, 0.15) is 27.7 Å². The van der Waals surface area contributed by atoms with E-state index in [9.17, 15) is 9.90 Å². The normalized spacial score (nSPS) is 12.2. The van der Waals surface area contributed by atoms with E-state index < -0.39 is 6.10 Å². The quantitative estimate of drug-likeness (QED) is 0.562. The van der Waals surface area contributed by atoms with E-state index in [4.69, 9.17) is 11.6 Å². The topological polar surface area (TPSA) is 87.1 Å². The average molecular weight is 391 g/mol. The van der Waals surface area contributed by atoms with Gasteiger partial charge >= 0.3 is 0 Å². The van der Waals surface area contributed by atoms with Gasteiger partial charge in [0.05, 0.1) is 11.5 Å². The summed E-state index contributed by atoms with van der Waals surface area (Å²) in [5.74, 6) is 0.492. The lowest BCUT2D eigenvalue weighted by Crippen LogP contribution is -2.30. The number of carbonyl (C=O) groups excluding carboxylic acids is 1. The molecule has 136 valence electrons. The highest BCUT2D eigenvalue weighted by Crippen LogP contribution is 2.29. The summed E-state index contributed by atoms with van der Waals surface area (Å²) in [4.78, 5) is 22.5. The molecule has 1 atom stereocenters. The third-order valence-corrected chi connectivity index (χ3v) is 4.84. The number of aliphatic hydroxyl groups is 1. The molecule has 0 fully saturated rings. The van der Waals surface area contributed by atoms with Crippen LogP contribution in [0.3, 0.4) is 0 Å². The smallest absolute Gasteiger partial charge is 0.251 e. The second kappa shape index (κ2) is 7.99. The van der Waals surface area contributed by atoms with E-state index in [0.717, 1.165) is 20.7 Å². The molecule has 1 amide bonds. The van der Waals surface area contributed by atoms with Gasteiger partial charge < -0.3 is 15.7 Å². The number of halogens is 1. The summed E-state index contributed by atoms with van der Waals surface area (Å²) in [6.45, 7) is 4.42. The van der Waals surface area contributed by atoms with Gasteiger partial charge in [0.1, 0.15) is 10.6 Å². The summed E-state index contributed by atoms with van der Waals surface area (Å²) in [6.07, 6.45) is -0.570. The van der Waals surface area contributed by atoms with E-state index in [2.05, 4.69) is 20.6 Å². The van der Waals surface area contributed by atoms with Crippen molar-refractivity contribution in [2.45, 2.75) is 26.5 Å². The van der Waals surface area contributed by atoms with Crippen molar-refractivity contribution in [2.24, 2.45) is 0 Å². The van der Waals surface area contributed by atoms with E-state index in [0.29, 0.717) is 17.9 Å². The van der Waals surface area contributed by atoms with Crippen molar-refractivity contribution < 1.29 is 9.90 Å². The largest absolute Gasteiger partial charge is 0.392 e. The molecule has 0 saturated carbocycles. The first-order chi connectivity index (χ1) is 12.4. The first-order valence-corrected chi connectivity index (χ1v) is 9.34. The molecule has 0 radical (unpaired) electrons. The highest BCUT2D eigenvalue weighted by atomic mass is 35.5. The van der Waals surface area contributed by atoms with E-state index in [1.807, 2.05) is 25.1 Å². The SMILES string of the molecule is Cc1cc2c(NCc3ccc(C(=O)NCC(C)O)cc3)nc(Cl)nc2s1. The van der Waals surface area contributed by atoms with Gasteiger partial charge in [0, 0.05) is 23.5 Å². The number of thiophene rings is 1. The van der Waals surface area contributed by atoms with Gasteiger partial charge in [-0.1, -0.05) is 12.1 Å². The molecule has 0 aliphatic carbocycles. The molecule has 2 heterocycles. The van der Waals surface area contributed by atoms with Crippen LogP contribution in [-0.2, 0) is 6.54 Å². The summed E-state index contributed by atoms with van der Waals surface area (Å²) in [5, 5.41) is 16.3. The number of aliphatic hydroxyl groups excluding tert-OH is 1. The Morgan fingerprint density at radius 2 is 2.04 bits per heavy atom. The van der Waals surface area contributed by atoms with E-state index in [1.165, 1.54) is 0 Å². The van der Waals surface area contributed by atoms with Gasteiger partial charge in [0.25, 0.3) is 5.91 Å². The molecule has 2 aromatic heterocycles. The Labute approximate surface area is 160 Å². The Morgan fingerprint density at radius 3 is 2.73 bits per heavy atom. The number of benzene rings is 1. The average Bonchev–Trinajstić information content (AvgIpc) is 2.98. The molecule has 0 spiro atoms. The Kier molecular flexibility index (Phi) is 5.70. The molecule has 0 aliphatic rings. The van der Waals surface area contributed by atoms with E-state index in [-0.39, 0.29) is 17.7 Å². The van der Waals surface area contributed by atoms with Crippen molar-refractivity contribution in [1.29, 1.82) is 0 Å². The molecule has 0 saturated heterocycles. The van der Waals surface area contributed by atoms with Crippen molar-refractivity contribution in [2.75, 3.05) is 11.9 Å². The number of nitrogens with one attached hydrogen (secondary N) is 2. The van der Waals surface area contributed by atoms with Crippen LogP contribution < -0.4 is 10.6 Å². The highest BCUT2D eigenvalue weighted by Gasteiger charge is 2.10. The number of aryl methyl sites for hydroxylation is 1. The van der Waals surface area contributed by atoms with Crippen LogP contribution in [0.2, 0.25) is 5.28 Å². The molecule has 1 unspecified atom stereocenters. The van der Waals surface area contributed by atoms with Gasteiger partial charge in [-0.05, 0) is 49.2 Å². The number of rotatable bonds is 6. The molecule has 3 N–H and O–H groups in total. The molecule has 0 bridgehead atoms. The molecular formula is C18H19ClN4O2S. The number of hydrogen-bond acceptors (Lipinski definition) is 6. The molecule has 1 aromatic carbocycles. The predicted molar refractivity (Wildman–Crippen MR) is 105 cm³/mol. The molecule has 8 heteroatoms. The maximum absolute atomic E-state index is 12.0. The Balaban J connectivity index is 1.68. The van der Waals surface area contributed by atoms with Gasteiger partial charge in [-0.25, -0.2) is 9.97 Å². The van der Waals surface area contributed by atoms with Gasteiger partial charge in [0.2, 0.25) is 5.28 Å². The number of hydrogen-bond donors (Lipinski definition) is 3. The maximum atomic E-state index is 12.0. The minimum Gasteiger partial charge on any atom is -0.392 e. The molecule has 26 heavy (non-hydrogen) atoms. The number of anilines is 1. The second-order valence-electron chi connectivity index (χ2n) is 6.03. The van der Waals surface area contributed by atoms with Crippen LogP contribution in [-0.4, -0.2) is 33.6 Å². The monoisotopic (exact) mass is 390 g/mol. The molecule has 3 rings (SSSR count). The van der Waals surface area contributed by atoms with Crippen molar-refractivity contribution in [3.05, 3.63) is 51.6 Å². The fourth-order valence-corrected chi connectivity index (χ4v) is 3.55. The lowest BCUT2D eigenvalue weighted by molar-refractivity contribution is 0.0924. The maximum Gasteiger partial charge on any atom is 0.251 e. The zero-order valence-electron chi connectivity index (χ0n) is 14.4. The van der Waals surface area contributed by atoms with Crippen LogP contribution in [0.4, 0.5) is 5.82 Å². The van der Waals surface area contributed by atoms with E-state index >= 15 is 0 Å². The van der Waals surface area contributed by atoms with Crippen LogP contribution >= 0.6 is 22.9 Å². The second-order valence-corrected chi connectivity index (χ2v) is 7.60. The fraction of sp³-hybridized carbons (Fsp3) is 0.278. The van der Waals surface area contributed by atoms with Crippen molar-refractivity contribution in [3.63, 3.8) is 0 Å². The van der Waals surface area contributed by atoms with Gasteiger partial charge in [0.15, 0.2) is 0 Å². The highest BCUT2D eigenvalue weighted by molar-refractivity contribution is 7.18. The Morgan fingerprint density at radius 1 is 1.31 bits per heavy atom. The standard InChI is InChI=1S/C18H19ClN4O2S/c1-10(24)8-21-16(25)13-5-3-12(4-6-13)9-20-15-14-7-11(2)26-17(14)23-18(19)22-15/h3-7,10,24H,8-9H2,1-2H3,(H,21,25)(H,20,22,23). The lowest BCUT2D eigenvalue weighted by Gasteiger charge is -2.09. The molecular weight excluding hydrogens is 372 g/mol. The summed E-state index contributed by atoms with van der Waals surface area (Å²) in [5.41, 5.74) is 1.56. The van der Waals surface area contributed by atoms with Crippen molar-refractivity contribution >= 4 is 44.9 Å². The van der Waals surface area contributed by atoms with Gasteiger partial charge in [-0.15, -0.1) is 11.3 Å². The van der Waals surface area contributed by atoms with Crippen LogP contribution in [0.15, 0.2) is 30.3 Å². The van der Waals surface area contributed by atoms with Crippen LogP contribution in [0, 0.1) is 6.92 Å². The lowest BCUT2D eigenvalue weighted by atomic mass is 10.1.